The van der Waals surface area contributed by atoms with E-state index in [-0.39, 0.29) is 12.5 Å². The third kappa shape index (κ3) is 13.0. The van der Waals surface area contributed by atoms with Crippen molar-refractivity contribution in [2.75, 3.05) is 13.2 Å². The summed E-state index contributed by atoms with van der Waals surface area (Å²) in [5.41, 5.74) is 0. The minimum Gasteiger partial charge on any atom is -0.394 e. The molecule has 0 aromatic carbocycles. The summed E-state index contributed by atoms with van der Waals surface area (Å²) in [6.07, 6.45) is 11.4. The van der Waals surface area contributed by atoms with Gasteiger partial charge in [0, 0.05) is 6.92 Å². The average Bonchev–Trinajstić information content (AvgIpc) is 2.83. The second-order valence-corrected chi connectivity index (χ2v) is 9.22. The summed E-state index contributed by atoms with van der Waals surface area (Å²) in [6, 6.07) is -0.816. The van der Waals surface area contributed by atoms with Crippen LogP contribution in [-0.2, 0) is 14.3 Å². The van der Waals surface area contributed by atoms with Crippen LogP contribution in [0.5, 0.6) is 0 Å². The van der Waals surface area contributed by atoms with Crippen molar-refractivity contribution >= 4 is 5.91 Å². The number of amides is 1. The molecule has 35 heavy (non-hydrogen) atoms. The van der Waals surface area contributed by atoms with Crippen molar-refractivity contribution in [1.29, 1.82) is 0 Å². The molecule has 0 radical (unpaired) electrons. The topological polar surface area (TPSA) is 149 Å². The van der Waals surface area contributed by atoms with E-state index in [2.05, 4.69) is 24.4 Å². The van der Waals surface area contributed by atoms with Crippen LogP contribution in [-0.4, -0.2) is 87.5 Å². The van der Waals surface area contributed by atoms with Crippen LogP contribution in [0.15, 0.2) is 24.3 Å². The number of unbranched alkanes of at least 4 members (excludes halogenated alkanes) is 8. The normalized spacial score (nSPS) is 26.9. The molecule has 6 N–H and O–H groups in total. The molecule has 1 saturated heterocycles. The standard InChI is InChI=1S/C26H47NO8/c1-3-4-5-6-7-8-9-10-11-12-13-14-15-16-21(30)20(27-19(2)29)18-34-26-25(33)24(32)23(31)22(17-28)35-26/h11-12,15-16,20-26,28,30-33H,3-10,13-14,17-18H2,1-2H3,(H,27,29)/b12-11+,16-15+. The van der Waals surface area contributed by atoms with Gasteiger partial charge < -0.3 is 40.3 Å². The van der Waals surface area contributed by atoms with Gasteiger partial charge in [-0.15, -0.1) is 0 Å². The largest absolute Gasteiger partial charge is 0.394 e. The van der Waals surface area contributed by atoms with Crippen molar-refractivity contribution in [3.63, 3.8) is 0 Å². The maximum absolute atomic E-state index is 11.6. The summed E-state index contributed by atoms with van der Waals surface area (Å²) in [6.45, 7) is 2.75. The Morgan fingerprint density at radius 3 is 2.23 bits per heavy atom. The van der Waals surface area contributed by atoms with Crippen molar-refractivity contribution in [2.24, 2.45) is 0 Å². The zero-order valence-corrected chi connectivity index (χ0v) is 21.3. The third-order valence-corrected chi connectivity index (χ3v) is 6.06. The van der Waals surface area contributed by atoms with Gasteiger partial charge in [0.1, 0.15) is 24.4 Å². The molecule has 0 bridgehead atoms. The fraction of sp³-hybridized carbons (Fsp3) is 0.808. The summed E-state index contributed by atoms with van der Waals surface area (Å²) in [5, 5.41) is 52.2. The first-order valence-corrected chi connectivity index (χ1v) is 13.0. The van der Waals surface area contributed by atoms with Crippen LogP contribution < -0.4 is 5.32 Å². The van der Waals surface area contributed by atoms with Crippen LogP contribution >= 0.6 is 0 Å². The van der Waals surface area contributed by atoms with Crippen molar-refractivity contribution in [3.8, 4) is 0 Å². The SMILES string of the molecule is CCCCCCCCC/C=C/CC/C=C/C(O)C(COC1OC(CO)C(O)C(O)C1O)NC(C)=O. The molecule has 7 unspecified atom stereocenters. The second kappa shape index (κ2) is 18.9. The van der Waals surface area contributed by atoms with Crippen molar-refractivity contribution in [1.82, 2.24) is 5.32 Å². The number of aliphatic hydroxyl groups excluding tert-OH is 5. The maximum atomic E-state index is 11.6. The minimum atomic E-state index is -1.56. The number of nitrogens with one attached hydrogen (secondary N) is 1. The highest BCUT2D eigenvalue weighted by atomic mass is 16.7. The summed E-state index contributed by atoms with van der Waals surface area (Å²) < 4.78 is 10.8. The first-order chi connectivity index (χ1) is 16.8. The molecule has 9 nitrogen and oxygen atoms in total. The lowest BCUT2D eigenvalue weighted by molar-refractivity contribution is -0.302. The maximum Gasteiger partial charge on any atom is 0.217 e. The molecule has 0 aliphatic carbocycles. The van der Waals surface area contributed by atoms with Crippen molar-refractivity contribution in [2.45, 2.75) is 121 Å². The van der Waals surface area contributed by atoms with E-state index in [0.717, 1.165) is 19.3 Å². The van der Waals surface area contributed by atoms with Gasteiger partial charge in [-0.25, -0.2) is 0 Å². The van der Waals surface area contributed by atoms with Crippen LogP contribution in [0.3, 0.4) is 0 Å². The first kappa shape index (κ1) is 31.7. The Morgan fingerprint density at radius 2 is 1.57 bits per heavy atom. The predicted molar refractivity (Wildman–Crippen MR) is 133 cm³/mol. The van der Waals surface area contributed by atoms with Crippen molar-refractivity contribution in [3.05, 3.63) is 24.3 Å². The molecule has 1 aliphatic rings. The van der Waals surface area contributed by atoms with Gasteiger partial charge in [-0.05, 0) is 25.7 Å². The molecule has 1 fully saturated rings. The molecule has 204 valence electrons. The van der Waals surface area contributed by atoms with Crippen molar-refractivity contribution < 1.29 is 39.8 Å². The highest BCUT2D eigenvalue weighted by molar-refractivity contribution is 5.73. The minimum absolute atomic E-state index is 0.216. The molecule has 9 heteroatoms. The molecular formula is C26H47NO8. The Bertz CT molecular complexity index is 612. The van der Waals surface area contributed by atoms with Crippen LogP contribution in [0.1, 0.15) is 78.1 Å². The number of hydrogen-bond donors (Lipinski definition) is 6. The Labute approximate surface area is 209 Å². The highest BCUT2D eigenvalue weighted by Gasteiger charge is 2.44. The van der Waals surface area contributed by atoms with E-state index in [4.69, 9.17) is 9.47 Å². The number of aliphatic hydroxyl groups is 5. The van der Waals surface area contributed by atoms with E-state index in [1.807, 2.05) is 6.08 Å². The van der Waals surface area contributed by atoms with Gasteiger partial charge in [0.15, 0.2) is 6.29 Å². The third-order valence-electron chi connectivity index (χ3n) is 6.06. The number of ether oxygens (including phenoxy) is 2. The summed E-state index contributed by atoms with van der Waals surface area (Å²) in [7, 11) is 0. The Kier molecular flexibility index (Phi) is 17.1. The van der Waals surface area contributed by atoms with Crippen LogP contribution in [0, 0.1) is 0 Å². The number of hydrogen-bond acceptors (Lipinski definition) is 8. The zero-order valence-electron chi connectivity index (χ0n) is 21.3. The molecule has 1 heterocycles. The van der Waals surface area contributed by atoms with E-state index >= 15 is 0 Å². The molecule has 0 aromatic rings. The summed E-state index contributed by atoms with van der Waals surface area (Å²) in [4.78, 5) is 11.6. The number of allylic oxidation sites excluding steroid dienone is 3. The fourth-order valence-electron chi connectivity index (χ4n) is 3.91. The van der Waals surface area contributed by atoms with E-state index in [9.17, 15) is 30.3 Å². The molecule has 1 amide bonds. The molecule has 1 rings (SSSR count). The number of rotatable bonds is 18. The number of carbonyl (C=O) groups excluding carboxylic acids is 1. The lowest BCUT2D eigenvalue weighted by atomic mass is 9.99. The fourth-order valence-corrected chi connectivity index (χ4v) is 3.91. The van der Waals surface area contributed by atoms with Crippen LogP contribution in [0.4, 0.5) is 0 Å². The van der Waals surface area contributed by atoms with Gasteiger partial charge in [0.2, 0.25) is 5.91 Å². The molecule has 7 atom stereocenters. The molecule has 0 saturated carbocycles. The lowest BCUT2D eigenvalue weighted by Gasteiger charge is -2.40. The monoisotopic (exact) mass is 501 g/mol. The summed E-state index contributed by atoms with van der Waals surface area (Å²) >= 11 is 0. The lowest BCUT2D eigenvalue weighted by Crippen LogP contribution is -2.60. The van der Waals surface area contributed by atoms with Crippen LogP contribution in [0.25, 0.3) is 0 Å². The predicted octanol–water partition coefficient (Wildman–Crippen LogP) is 1.70. The molecular weight excluding hydrogens is 454 g/mol. The quantitative estimate of drug-likeness (QED) is 0.123. The Hall–Kier alpha value is -1.33. The zero-order chi connectivity index (χ0) is 26.1. The second-order valence-electron chi connectivity index (χ2n) is 9.22. The number of carbonyl (C=O) groups is 1. The molecule has 0 spiro atoms. The van der Waals surface area contributed by atoms with E-state index in [1.165, 1.54) is 51.9 Å². The Balaban J connectivity index is 2.37. The Morgan fingerprint density at radius 1 is 0.943 bits per heavy atom. The smallest absolute Gasteiger partial charge is 0.217 e. The van der Waals surface area contributed by atoms with Gasteiger partial charge in [0.25, 0.3) is 0 Å². The first-order valence-electron chi connectivity index (χ1n) is 13.0. The van der Waals surface area contributed by atoms with Gasteiger partial charge in [-0.3, -0.25) is 4.79 Å². The van der Waals surface area contributed by atoms with Crippen LogP contribution in [0.2, 0.25) is 0 Å². The molecule has 1 aliphatic heterocycles. The van der Waals surface area contributed by atoms with Gasteiger partial charge in [-0.2, -0.15) is 0 Å². The summed E-state index contributed by atoms with van der Waals surface area (Å²) in [5.74, 6) is -0.367. The van der Waals surface area contributed by atoms with E-state index in [1.54, 1.807) is 6.08 Å². The highest BCUT2D eigenvalue weighted by Crippen LogP contribution is 2.22. The molecule has 0 aromatic heterocycles. The van der Waals surface area contributed by atoms with E-state index in [0.29, 0.717) is 0 Å². The average molecular weight is 502 g/mol. The van der Waals surface area contributed by atoms with Gasteiger partial charge >= 0.3 is 0 Å². The van der Waals surface area contributed by atoms with Gasteiger partial charge in [-0.1, -0.05) is 69.8 Å². The van der Waals surface area contributed by atoms with Gasteiger partial charge in [0.05, 0.1) is 25.4 Å². The van der Waals surface area contributed by atoms with E-state index < -0.39 is 49.5 Å².